The lowest BCUT2D eigenvalue weighted by Crippen LogP contribution is -2.44. The number of benzene rings is 1. The molecule has 29 heavy (non-hydrogen) atoms. The quantitative estimate of drug-likeness (QED) is 0.670. The van der Waals surface area contributed by atoms with E-state index in [2.05, 4.69) is 47.8 Å². The molecule has 0 radical (unpaired) electrons. The highest BCUT2D eigenvalue weighted by atomic mass is 32.2. The number of carbonyl (C=O) groups excluding carboxylic acids is 1. The van der Waals surface area contributed by atoms with E-state index in [1.807, 2.05) is 24.3 Å². The Morgan fingerprint density at radius 2 is 1.97 bits per heavy atom. The van der Waals surface area contributed by atoms with Gasteiger partial charge in [-0.1, -0.05) is 38.5 Å². The normalized spacial score (nSPS) is 21.9. The van der Waals surface area contributed by atoms with E-state index in [0.717, 1.165) is 28.7 Å². The molecule has 3 rings (SSSR count). The number of nitrogens with zero attached hydrogens (tertiary/aromatic N) is 3. The zero-order valence-electron chi connectivity index (χ0n) is 18.0. The molecule has 2 aromatic rings. The first kappa shape index (κ1) is 21.7. The summed E-state index contributed by atoms with van der Waals surface area (Å²) in [7, 11) is 1.65. The lowest BCUT2D eigenvalue weighted by molar-refractivity contribution is -0.120. The van der Waals surface area contributed by atoms with Gasteiger partial charge in [0.15, 0.2) is 11.0 Å². The third kappa shape index (κ3) is 5.13. The fourth-order valence-electron chi connectivity index (χ4n) is 3.94. The molecule has 0 unspecified atom stereocenters. The van der Waals surface area contributed by atoms with E-state index in [1.165, 1.54) is 24.6 Å². The van der Waals surface area contributed by atoms with Gasteiger partial charge in [0.1, 0.15) is 5.75 Å². The fourth-order valence-corrected chi connectivity index (χ4v) is 4.82. The lowest BCUT2D eigenvalue weighted by atomic mass is 9.78. The van der Waals surface area contributed by atoms with E-state index < -0.39 is 0 Å². The van der Waals surface area contributed by atoms with Crippen LogP contribution >= 0.6 is 11.8 Å². The monoisotopic (exact) mass is 416 g/mol. The van der Waals surface area contributed by atoms with E-state index in [9.17, 15) is 4.79 Å². The summed E-state index contributed by atoms with van der Waals surface area (Å²) in [6.45, 7) is 8.74. The largest absolute Gasteiger partial charge is 0.497 e. The first-order valence-corrected chi connectivity index (χ1v) is 11.4. The van der Waals surface area contributed by atoms with Crippen LogP contribution in [0.5, 0.6) is 5.75 Å². The van der Waals surface area contributed by atoms with Gasteiger partial charge in [0, 0.05) is 17.6 Å². The van der Waals surface area contributed by atoms with Crippen molar-refractivity contribution in [3.05, 3.63) is 24.3 Å². The van der Waals surface area contributed by atoms with E-state index >= 15 is 0 Å². The van der Waals surface area contributed by atoms with Crippen LogP contribution in [0.1, 0.15) is 53.0 Å². The summed E-state index contributed by atoms with van der Waals surface area (Å²) in [6.07, 6.45) is 3.52. The minimum absolute atomic E-state index is 0.0743. The third-order valence-electron chi connectivity index (χ3n) is 5.91. The van der Waals surface area contributed by atoms with Crippen molar-refractivity contribution >= 4 is 17.7 Å². The molecule has 7 heteroatoms. The zero-order chi connectivity index (χ0) is 21.0. The Balaban J connectivity index is 1.67. The van der Waals surface area contributed by atoms with Gasteiger partial charge in [0.05, 0.1) is 12.9 Å². The summed E-state index contributed by atoms with van der Waals surface area (Å²) < 4.78 is 7.33. The molecule has 0 bridgehead atoms. The lowest BCUT2D eigenvalue weighted by Gasteiger charge is -2.34. The van der Waals surface area contributed by atoms with Gasteiger partial charge in [-0.3, -0.25) is 9.36 Å². The highest BCUT2D eigenvalue weighted by Gasteiger charge is 2.28. The number of rotatable bonds is 7. The van der Waals surface area contributed by atoms with Gasteiger partial charge < -0.3 is 10.1 Å². The number of carbonyl (C=O) groups is 1. The predicted molar refractivity (Wildman–Crippen MR) is 117 cm³/mol. The molecule has 1 amide bonds. The van der Waals surface area contributed by atoms with Crippen molar-refractivity contribution in [1.82, 2.24) is 20.1 Å². The Hall–Kier alpha value is -2.02. The van der Waals surface area contributed by atoms with Crippen molar-refractivity contribution in [2.75, 3.05) is 12.9 Å². The Labute approximate surface area is 177 Å². The molecule has 1 N–H and O–H groups in total. The molecule has 0 aliphatic heterocycles. The Bertz CT molecular complexity index is 819. The zero-order valence-corrected chi connectivity index (χ0v) is 18.8. The summed E-state index contributed by atoms with van der Waals surface area (Å²) in [5.41, 5.74) is 0.980. The number of thioether (sulfide) groups is 1. The molecule has 1 aliphatic carbocycles. The maximum Gasteiger partial charge on any atom is 0.230 e. The summed E-state index contributed by atoms with van der Waals surface area (Å²) in [6, 6.07) is 8.27. The maximum atomic E-state index is 12.6. The Morgan fingerprint density at radius 1 is 1.24 bits per heavy atom. The smallest absolute Gasteiger partial charge is 0.230 e. The second-order valence-corrected chi connectivity index (χ2v) is 9.17. The van der Waals surface area contributed by atoms with Gasteiger partial charge in [0.25, 0.3) is 0 Å². The third-order valence-corrected chi connectivity index (χ3v) is 6.86. The number of hydrogen-bond acceptors (Lipinski definition) is 5. The van der Waals surface area contributed by atoms with E-state index in [1.54, 1.807) is 7.11 Å². The fraction of sp³-hybridized carbons (Fsp3) is 0.591. The van der Waals surface area contributed by atoms with Crippen LogP contribution in [0.3, 0.4) is 0 Å². The van der Waals surface area contributed by atoms with Crippen molar-refractivity contribution in [3.63, 3.8) is 0 Å². The molecule has 1 aliphatic rings. The van der Waals surface area contributed by atoms with Crippen LogP contribution < -0.4 is 10.1 Å². The molecule has 158 valence electrons. The Morgan fingerprint density at radius 3 is 2.62 bits per heavy atom. The highest BCUT2D eigenvalue weighted by Crippen LogP contribution is 2.31. The van der Waals surface area contributed by atoms with Crippen LogP contribution in [-0.4, -0.2) is 39.6 Å². The molecule has 1 saturated carbocycles. The van der Waals surface area contributed by atoms with Crippen molar-refractivity contribution in [1.29, 1.82) is 0 Å². The van der Waals surface area contributed by atoms with Crippen molar-refractivity contribution in [2.45, 2.75) is 64.2 Å². The van der Waals surface area contributed by atoms with Gasteiger partial charge in [-0.2, -0.15) is 0 Å². The second-order valence-electron chi connectivity index (χ2n) is 8.23. The van der Waals surface area contributed by atoms with Crippen molar-refractivity contribution < 1.29 is 9.53 Å². The molecule has 1 aromatic carbocycles. The average Bonchev–Trinajstić information content (AvgIpc) is 3.14. The second kappa shape index (κ2) is 9.65. The minimum atomic E-state index is 0.0743. The van der Waals surface area contributed by atoms with Gasteiger partial charge in [0.2, 0.25) is 5.91 Å². The number of nitrogens with one attached hydrogen (secondary N) is 1. The van der Waals surface area contributed by atoms with Crippen molar-refractivity contribution in [3.8, 4) is 17.1 Å². The summed E-state index contributed by atoms with van der Waals surface area (Å²) in [5, 5.41) is 12.8. The average molecular weight is 417 g/mol. The van der Waals surface area contributed by atoms with Gasteiger partial charge in [-0.05, 0) is 56.4 Å². The molecular weight excluding hydrogens is 384 g/mol. The topological polar surface area (TPSA) is 69.0 Å². The molecule has 0 spiro atoms. The van der Waals surface area contributed by atoms with Crippen molar-refractivity contribution in [2.24, 2.45) is 11.8 Å². The molecule has 3 atom stereocenters. The van der Waals surface area contributed by atoms with E-state index in [-0.39, 0.29) is 18.0 Å². The first-order chi connectivity index (χ1) is 13.9. The standard InChI is InChI=1S/C22H32N4O2S/c1-14(2)26-21(17-9-11-18(28-5)12-10-17)24-25-22(26)29-13-20(27)23-19-8-6-7-15(3)16(19)4/h9-12,14-16,19H,6-8,13H2,1-5H3,(H,23,27)/t15-,16+,19+/m1/s1. The van der Waals surface area contributed by atoms with Gasteiger partial charge >= 0.3 is 0 Å². The maximum absolute atomic E-state index is 12.6. The summed E-state index contributed by atoms with van der Waals surface area (Å²) in [4.78, 5) is 12.6. The molecular formula is C22H32N4O2S. The van der Waals surface area contributed by atoms with Gasteiger partial charge in [-0.25, -0.2) is 0 Å². The van der Waals surface area contributed by atoms with Gasteiger partial charge in [-0.15, -0.1) is 10.2 Å². The van der Waals surface area contributed by atoms with Crippen LogP contribution in [0.2, 0.25) is 0 Å². The number of hydrogen-bond donors (Lipinski definition) is 1. The van der Waals surface area contributed by atoms with E-state index in [4.69, 9.17) is 4.74 Å². The van der Waals surface area contributed by atoms with Crippen LogP contribution in [-0.2, 0) is 4.79 Å². The number of amides is 1. The van der Waals surface area contributed by atoms with E-state index in [0.29, 0.717) is 17.6 Å². The summed E-state index contributed by atoms with van der Waals surface area (Å²) >= 11 is 1.45. The molecule has 1 fully saturated rings. The van der Waals surface area contributed by atoms with Crippen LogP contribution in [0, 0.1) is 11.8 Å². The van der Waals surface area contributed by atoms with Crippen LogP contribution in [0.25, 0.3) is 11.4 Å². The summed E-state index contributed by atoms with van der Waals surface area (Å²) in [5.74, 6) is 3.23. The number of methoxy groups -OCH3 is 1. The molecule has 1 heterocycles. The van der Waals surface area contributed by atoms with Crippen LogP contribution in [0.4, 0.5) is 0 Å². The Kier molecular flexibility index (Phi) is 7.22. The molecule has 6 nitrogen and oxygen atoms in total. The SMILES string of the molecule is COc1ccc(-c2nnc(SCC(=O)N[C@H]3CCC[C@@H](C)[C@@H]3C)n2C(C)C)cc1. The van der Waals surface area contributed by atoms with Crippen LogP contribution in [0.15, 0.2) is 29.4 Å². The number of ether oxygens (including phenoxy) is 1. The minimum Gasteiger partial charge on any atom is -0.497 e. The number of aromatic nitrogens is 3. The highest BCUT2D eigenvalue weighted by molar-refractivity contribution is 7.99. The molecule has 0 saturated heterocycles. The first-order valence-electron chi connectivity index (χ1n) is 10.4. The predicted octanol–water partition coefficient (Wildman–Crippen LogP) is 4.57. The molecule has 1 aromatic heterocycles.